The number of fused-ring (bicyclic) bond motifs is 1. The topological polar surface area (TPSA) is 29.5 Å². The Bertz CT molecular complexity index is 369. The van der Waals surface area contributed by atoms with E-state index in [0.29, 0.717) is 0 Å². The highest BCUT2D eigenvalue weighted by molar-refractivity contribution is 14.1. The molecule has 0 fully saturated rings. The molecule has 2 nitrogen and oxygen atoms in total. The van der Waals surface area contributed by atoms with Crippen LogP contribution in [0.4, 0.5) is 0 Å². The first-order chi connectivity index (χ1) is 6.09. The highest BCUT2D eigenvalue weighted by Gasteiger charge is 2.26. The quantitative estimate of drug-likeness (QED) is 0.743. The van der Waals surface area contributed by atoms with Crippen molar-refractivity contribution in [1.29, 1.82) is 0 Å². The van der Waals surface area contributed by atoms with Crippen LogP contribution in [0, 0.1) is 3.57 Å². The van der Waals surface area contributed by atoms with Crippen LogP contribution in [-0.4, -0.2) is 5.11 Å². The van der Waals surface area contributed by atoms with Gasteiger partial charge < -0.3 is 9.84 Å². The van der Waals surface area contributed by atoms with E-state index in [2.05, 4.69) is 22.6 Å². The van der Waals surface area contributed by atoms with Gasteiger partial charge in [-0.2, -0.15) is 0 Å². The molecule has 1 aliphatic rings. The van der Waals surface area contributed by atoms with Crippen molar-refractivity contribution in [2.75, 3.05) is 0 Å². The first-order valence-electron chi connectivity index (χ1n) is 3.96. The molecular weight excluding hydrogens is 279 g/mol. The number of ether oxygens (including phenoxy) is 1. The molecule has 13 heavy (non-hydrogen) atoms. The SMILES string of the molecule is CC1(O)C=COc2ccc(I)cc21. The van der Waals surface area contributed by atoms with Crippen molar-refractivity contribution in [1.82, 2.24) is 0 Å². The summed E-state index contributed by atoms with van der Waals surface area (Å²) in [6.45, 7) is 1.75. The fourth-order valence-corrected chi connectivity index (χ4v) is 1.82. The zero-order valence-corrected chi connectivity index (χ0v) is 9.28. The lowest BCUT2D eigenvalue weighted by atomic mass is 9.94. The van der Waals surface area contributed by atoms with Gasteiger partial charge in [0.2, 0.25) is 0 Å². The van der Waals surface area contributed by atoms with E-state index in [-0.39, 0.29) is 0 Å². The predicted octanol–water partition coefficient (Wildman–Crippen LogP) is 2.40. The minimum absolute atomic E-state index is 0.730. The number of halogens is 1. The summed E-state index contributed by atoms with van der Waals surface area (Å²) in [5.41, 5.74) is -0.0868. The van der Waals surface area contributed by atoms with Crippen LogP contribution in [0.3, 0.4) is 0 Å². The van der Waals surface area contributed by atoms with Gasteiger partial charge >= 0.3 is 0 Å². The zero-order chi connectivity index (χ0) is 9.47. The summed E-state index contributed by atoms with van der Waals surface area (Å²) < 4.78 is 6.36. The smallest absolute Gasteiger partial charge is 0.132 e. The monoisotopic (exact) mass is 288 g/mol. The molecule has 0 radical (unpaired) electrons. The van der Waals surface area contributed by atoms with E-state index >= 15 is 0 Å². The largest absolute Gasteiger partial charge is 0.465 e. The Morgan fingerprint density at radius 3 is 3.00 bits per heavy atom. The number of hydrogen-bond donors (Lipinski definition) is 1. The summed E-state index contributed by atoms with van der Waals surface area (Å²) >= 11 is 2.21. The van der Waals surface area contributed by atoms with Crippen LogP contribution in [-0.2, 0) is 5.60 Å². The van der Waals surface area contributed by atoms with Gasteiger partial charge in [-0.15, -0.1) is 0 Å². The van der Waals surface area contributed by atoms with Crippen molar-refractivity contribution in [3.05, 3.63) is 39.7 Å². The second-order valence-corrected chi connectivity index (χ2v) is 4.45. The Balaban J connectivity index is 2.60. The van der Waals surface area contributed by atoms with E-state index in [9.17, 15) is 5.11 Å². The van der Waals surface area contributed by atoms with Gasteiger partial charge in [0.1, 0.15) is 11.4 Å². The van der Waals surface area contributed by atoms with E-state index in [0.717, 1.165) is 14.9 Å². The average molecular weight is 288 g/mol. The standard InChI is InChI=1S/C10H9IO2/c1-10(12)4-5-13-9-3-2-7(11)6-8(9)10/h2-6,12H,1H3. The van der Waals surface area contributed by atoms with Crippen LogP contribution in [0.1, 0.15) is 12.5 Å². The summed E-state index contributed by atoms with van der Waals surface area (Å²) in [5, 5.41) is 9.98. The molecule has 1 aliphatic heterocycles. The van der Waals surface area contributed by atoms with Crippen LogP contribution in [0.25, 0.3) is 0 Å². The third-order valence-corrected chi connectivity index (χ3v) is 2.75. The molecule has 0 saturated heterocycles. The second-order valence-electron chi connectivity index (χ2n) is 3.21. The number of benzene rings is 1. The molecule has 1 unspecified atom stereocenters. The van der Waals surface area contributed by atoms with Crippen molar-refractivity contribution in [3.63, 3.8) is 0 Å². The molecular formula is C10H9IO2. The van der Waals surface area contributed by atoms with Crippen LogP contribution < -0.4 is 4.74 Å². The summed E-state index contributed by atoms with van der Waals surface area (Å²) in [7, 11) is 0. The van der Waals surface area contributed by atoms with Crippen molar-refractivity contribution in [2.45, 2.75) is 12.5 Å². The zero-order valence-electron chi connectivity index (χ0n) is 7.12. The van der Waals surface area contributed by atoms with Crippen LogP contribution >= 0.6 is 22.6 Å². The third-order valence-electron chi connectivity index (χ3n) is 2.07. The minimum atomic E-state index is -0.908. The molecule has 68 valence electrons. The minimum Gasteiger partial charge on any atom is -0.465 e. The van der Waals surface area contributed by atoms with Gasteiger partial charge in [-0.05, 0) is 53.8 Å². The molecule has 1 aromatic rings. The van der Waals surface area contributed by atoms with Gasteiger partial charge in [0.15, 0.2) is 0 Å². The van der Waals surface area contributed by atoms with E-state index < -0.39 is 5.60 Å². The lowest BCUT2D eigenvalue weighted by molar-refractivity contribution is 0.100. The van der Waals surface area contributed by atoms with Crippen LogP contribution in [0.15, 0.2) is 30.5 Å². The van der Waals surface area contributed by atoms with Crippen LogP contribution in [0.2, 0.25) is 0 Å². The van der Waals surface area contributed by atoms with Gasteiger partial charge in [-0.1, -0.05) is 0 Å². The third kappa shape index (κ3) is 1.58. The molecule has 0 aromatic heterocycles. The van der Waals surface area contributed by atoms with Gasteiger partial charge in [-0.25, -0.2) is 0 Å². The Morgan fingerprint density at radius 2 is 2.23 bits per heavy atom. The van der Waals surface area contributed by atoms with Crippen LogP contribution in [0.5, 0.6) is 5.75 Å². The summed E-state index contributed by atoms with van der Waals surface area (Å²) in [6, 6.07) is 5.75. The molecule has 0 aliphatic carbocycles. The van der Waals surface area contributed by atoms with Crippen molar-refractivity contribution in [3.8, 4) is 5.75 Å². The highest BCUT2D eigenvalue weighted by atomic mass is 127. The van der Waals surface area contributed by atoms with Gasteiger partial charge in [0.05, 0.1) is 6.26 Å². The van der Waals surface area contributed by atoms with Crippen molar-refractivity contribution < 1.29 is 9.84 Å². The molecule has 3 heteroatoms. The molecule has 0 bridgehead atoms. The first-order valence-corrected chi connectivity index (χ1v) is 5.04. The van der Waals surface area contributed by atoms with Gasteiger partial charge in [0.25, 0.3) is 0 Å². The van der Waals surface area contributed by atoms with Gasteiger partial charge in [-0.3, -0.25) is 0 Å². The lowest BCUT2D eigenvalue weighted by Crippen LogP contribution is -2.22. The fourth-order valence-electron chi connectivity index (χ4n) is 1.33. The molecule has 1 heterocycles. The van der Waals surface area contributed by atoms with E-state index in [4.69, 9.17) is 4.74 Å². The maximum Gasteiger partial charge on any atom is 0.132 e. The summed E-state index contributed by atoms with van der Waals surface area (Å²) in [6.07, 6.45) is 3.17. The first kappa shape index (κ1) is 9.02. The molecule has 1 N–H and O–H groups in total. The number of rotatable bonds is 0. The predicted molar refractivity (Wildman–Crippen MR) is 58.5 cm³/mol. The van der Waals surface area contributed by atoms with Gasteiger partial charge in [0, 0.05) is 9.13 Å². The fraction of sp³-hybridized carbons (Fsp3) is 0.200. The molecule has 0 amide bonds. The maximum absolute atomic E-state index is 9.98. The Labute approximate surface area is 90.4 Å². The average Bonchev–Trinajstić information content (AvgIpc) is 2.06. The van der Waals surface area contributed by atoms with Crippen molar-refractivity contribution in [2.24, 2.45) is 0 Å². The van der Waals surface area contributed by atoms with E-state index in [1.54, 1.807) is 13.0 Å². The summed E-state index contributed by atoms with van der Waals surface area (Å²) in [5.74, 6) is 0.730. The van der Waals surface area contributed by atoms with E-state index in [1.807, 2.05) is 18.2 Å². The lowest BCUT2D eigenvalue weighted by Gasteiger charge is -2.25. The molecule has 1 atom stereocenters. The highest BCUT2D eigenvalue weighted by Crippen LogP contribution is 2.35. The molecule has 2 rings (SSSR count). The Hall–Kier alpha value is -0.550. The second kappa shape index (κ2) is 2.99. The molecule has 0 spiro atoms. The number of aliphatic hydroxyl groups is 1. The Morgan fingerprint density at radius 1 is 1.46 bits per heavy atom. The number of hydrogen-bond acceptors (Lipinski definition) is 2. The maximum atomic E-state index is 9.98. The Kier molecular flexibility index (Phi) is 2.08. The normalized spacial score (nSPS) is 25.2. The van der Waals surface area contributed by atoms with E-state index in [1.165, 1.54) is 6.26 Å². The molecule has 1 aromatic carbocycles. The van der Waals surface area contributed by atoms with Crippen molar-refractivity contribution >= 4 is 22.6 Å². The molecule has 0 saturated carbocycles. The summed E-state index contributed by atoms with van der Waals surface area (Å²) in [4.78, 5) is 0.